The van der Waals surface area contributed by atoms with Gasteiger partial charge in [0.2, 0.25) is 5.91 Å². The highest BCUT2D eigenvalue weighted by molar-refractivity contribution is 5.81. The number of hydrogen-bond acceptors (Lipinski definition) is 4. The molecule has 0 bridgehead atoms. The number of rotatable bonds is 7. The van der Waals surface area contributed by atoms with Gasteiger partial charge in [-0.1, -0.05) is 0 Å². The lowest BCUT2D eigenvalue weighted by molar-refractivity contribution is -0.134. The first kappa shape index (κ1) is 15.7. The number of amides is 1. The smallest absolute Gasteiger partial charge is 0.250 e. The Bertz CT molecular complexity index is 433. The zero-order valence-corrected chi connectivity index (χ0v) is 11.9. The van der Waals surface area contributed by atoms with Crippen LogP contribution in [0.15, 0.2) is 24.3 Å². The Morgan fingerprint density at radius 2 is 2.19 bits per heavy atom. The monoisotopic (exact) mass is 296 g/mol. The maximum atomic E-state index is 12.7. The van der Waals surface area contributed by atoms with E-state index in [9.17, 15) is 9.18 Å². The number of hydrogen-bond donors (Lipinski definition) is 2. The van der Waals surface area contributed by atoms with Crippen molar-refractivity contribution in [2.75, 3.05) is 32.8 Å². The second-order valence-electron chi connectivity index (χ2n) is 4.86. The van der Waals surface area contributed by atoms with Crippen LogP contribution in [0, 0.1) is 5.82 Å². The Labute approximate surface area is 123 Å². The van der Waals surface area contributed by atoms with Gasteiger partial charge in [0.05, 0.1) is 13.2 Å². The van der Waals surface area contributed by atoms with E-state index in [0.29, 0.717) is 32.1 Å². The predicted octanol–water partition coefficient (Wildman–Crippen LogP) is 1.09. The van der Waals surface area contributed by atoms with Gasteiger partial charge < -0.3 is 20.1 Å². The molecule has 1 aromatic rings. The fourth-order valence-corrected chi connectivity index (χ4v) is 2.01. The zero-order chi connectivity index (χ0) is 14.9. The zero-order valence-electron chi connectivity index (χ0n) is 11.9. The summed E-state index contributed by atoms with van der Waals surface area (Å²) in [4.78, 5) is 11.7. The van der Waals surface area contributed by atoms with Crippen LogP contribution in [0.4, 0.5) is 4.39 Å². The quantitative estimate of drug-likeness (QED) is 0.740. The molecule has 1 saturated heterocycles. The molecule has 116 valence electrons. The summed E-state index contributed by atoms with van der Waals surface area (Å²) in [6.07, 6.45) is 1.27. The van der Waals surface area contributed by atoms with Crippen LogP contribution in [0.5, 0.6) is 5.75 Å². The highest BCUT2D eigenvalue weighted by atomic mass is 19.1. The maximum absolute atomic E-state index is 12.7. The molecule has 0 aromatic heterocycles. The molecule has 6 heteroatoms. The average molecular weight is 296 g/mol. The van der Waals surface area contributed by atoms with Crippen LogP contribution < -0.4 is 15.4 Å². The molecule has 0 aliphatic carbocycles. The molecule has 21 heavy (non-hydrogen) atoms. The minimum atomic E-state index is -0.380. The molecule has 5 nitrogen and oxygen atoms in total. The number of carbonyl (C=O) groups excluding carboxylic acids is 1. The van der Waals surface area contributed by atoms with E-state index in [0.717, 1.165) is 19.4 Å². The molecule has 0 saturated carbocycles. The Kier molecular flexibility index (Phi) is 6.43. The summed E-state index contributed by atoms with van der Waals surface area (Å²) in [5.41, 5.74) is 0. The molecule has 1 unspecified atom stereocenters. The number of benzene rings is 1. The fourth-order valence-electron chi connectivity index (χ4n) is 2.01. The van der Waals surface area contributed by atoms with Crippen LogP contribution in [0.1, 0.15) is 12.8 Å². The third-order valence-electron chi connectivity index (χ3n) is 3.17. The molecule has 1 amide bonds. The first-order chi connectivity index (χ1) is 10.3. The molecule has 1 aliphatic heterocycles. The molecule has 1 aliphatic rings. The normalized spacial score (nSPS) is 18.2. The highest BCUT2D eigenvalue weighted by Crippen LogP contribution is 2.11. The van der Waals surface area contributed by atoms with Crippen molar-refractivity contribution < 1.29 is 18.7 Å². The van der Waals surface area contributed by atoms with Crippen molar-refractivity contribution in [2.45, 2.75) is 18.9 Å². The number of nitrogens with one attached hydrogen (secondary N) is 2. The van der Waals surface area contributed by atoms with Crippen molar-refractivity contribution in [1.29, 1.82) is 0 Å². The van der Waals surface area contributed by atoms with E-state index >= 15 is 0 Å². The number of carbonyl (C=O) groups is 1. The molecule has 1 atom stereocenters. The number of halogens is 1. The van der Waals surface area contributed by atoms with Crippen molar-refractivity contribution in [1.82, 2.24) is 10.6 Å². The molecule has 1 fully saturated rings. The van der Waals surface area contributed by atoms with Gasteiger partial charge in [-0.2, -0.15) is 0 Å². The van der Waals surface area contributed by atoms with Crippen molar-refractivity contribution >= 4 is 5.91 Å². The molecule has 2 rings (SSSR count). The Balaban J connectivity index is 1.51. The third kappa shape index (κ3) is 5.69. The Morgan fingerprint density at radius 1 is 1.38 bits per heavy atom. The van der Waals surface area contributed by atoms with E-state index < -0.39 is 0 Å². The standard InChI is InChI=1S/C15H21FN2O3/c16-12-3-5-13(6-4-12)20-9-2-1-7-18-15(19)14-11-17-8-10-21-14/h3-6,14,17H,1-2,7-11H2,(H,18,19). The third-order valence-corrected chi connectivity index (χ3v) is 3.17. The number of ether oxygens (including phenoxy) is 2. The van der Waals surface area contributed by atoms with Gasteiger partial charge in [-0.15, -0.1) is 0 Å². The SMILES string of the molecule is O=C(NCCCCOc1ccc(F)cc1)C1CNCCO1. The molecular weight excluding hydrogens is 275 g/mol. The summed E-state index contributed by atoms with van der Waals surface area (Å²) in [6.45, 7) is 3.09. The summed E-state index contributed by atoms with van der Waals surface area (Å²) >= 11 is 0. The lowest BCUT2D eigenvalue weighted by Crippen LogP contribution is -2.48. The lowest BCUT2D eigenvalue weighted by Gasteiger charge is -2.22. The van der Waals surface area contributed by atoms with Gasteiger partial charge in [0.15, 0.2) is 0 Å². The van der Waals surface area contributed by atoms with Gasteiger partial charge in [-0.25, -0.2) is 4.39 Å². The first-order valence-electron chi connectivity index (χ1n) is 7.24. The molecule has 1 aromatic carbocycles. The van der Waals surface area contributed by atoms with Crippen LogP contribution in [0.3, 0.4) is 0 Å². The molecule has 1 heterocycles. The van der Waals surface area contributed by atoms with E-state index in [1.165, 1.54) is 12.1 Å². The van der Waals surface area contributed by atoms with Crippen LogP contribution in [0.25, 0.3) is 0 Å². The van der Waals surface area contributed by atoms with Gasteiger partial charge in [0.1, 0.15) is 17.7 Å². The minimum Gasteiger partial charge on any atom is -0.494 e. The molecule has 2 N–H and O–H groups in total. The Hall–Kier alpha value is -1.66. The van der Waals surface area contributed by atoms with Gasteiger partial charge >= 0.3 is 0 Å². The number of unbranched alkanes of at least 4 members (excludes halogenated alkanes) is 1. The average Bonchev–Trinajstić information content (AvgIpc) is 2.53. The van der Waals surface area contributed by atoms with Crippen LogP contribution in [-0.4, -0.2) is 44.9 Å². The second kappa shape index (κ2) is 8.59. The van der Waals surface area contributed by atoms with Gasteiger partial charge in [0.25, 0.3) is 0 Å². The Morgan fingerprint density at radius 3 is 2.90 bits per heavy atom. The molecular formula is C15H21FN2O3. The first-order valence-corrected chi connectivity index (χ1v) is 7.24. The van der Waals surface area contributed by atoms with Gasteiger partial charge in [-0.3, -0.25) is 4.79 Å². The fraction of sp³-hybridized carbons (Fsp3) is 0.533. The maximum Gasteiger partial charge on any atom is 0.250 e. The van der Waals surface area contributed by atoms with E-state index in [-0.39, 0.29) is 17.8 Å². The van der Waals surface area contributed by atoms with E-state index in [1.807, 2.05) is 0 Å². The summed E-state index contributed by atoms with van der Waals surface area (Å²) in [5, 5.41) is 5.97. The van der Waals surface area contributed by atoms with Crippen molar-refractivity contribution in [3.8, 4) is 5.75 Å². The van der Waals surface area contributed by atoms with E-state index in [4.69, 9.17) is 9.47 Å². The molecule has 0 spiro atoms. The van der Waals surface area contributed by atoms with Crippen molar-refractivity contribution in [3.63, 3.8) is 0 Å². The lowest BCUT2D eigenvalue weighted by atomic mass is 10.2. The van der Waals surface area contributed by atoms with Crippen molar-refractivity contribution in [3.05, 3.63) is 30.1 Å². The van der Waals surface area contributed by atoms with Gasteiger partial charge in [0, 0.05) is 19.6 Å². The van der Waals surface area contributed by atoms with E-state index in [2.05, 4.69) is 10.6 Å². The van der Waals surface area contributed by atoms with Crippen LogP contribution >= 0.6 is 0 Å². The van der Waals surface area contributed by atoms with Gasteiger partial charge in [-0.05, 0) is 37.1 Å². The molecule has 0 radical (unpaired) electrons. The largest absolute Gasteiger partial charge is 0.494 e. The summed E-state index contributed by atoms with van der Waals surface area (Å²) in [7, 11) is 0. The second-order valence-corrected chi connectivity index (χ2v) is 4.86. The number of morpholine rings is 1. The van der Waals surface area contributed by atoms with Crippen LogP contribution in [0.2, 0.25) is 0 Å². The predicted molar refractivity (Wildman–Crippen MR) is 76.7 cm³/mol. The van der Waals surface area contributed by atoms with Crippen molar-refractivity contribution in [2.24, 2.45) is 0 Å². The topological polar surface area (TPSA) is 59.6 Å². The summed E-state index contributed by atoms with van der Waals surface area (Å²) < 4.78 is 23.5. The van der Waals surface area contributed by atoms with Crippen LogP contribution in [-0.2, 0) is 9.53 Å². The summed E-state index contributed by atoms with van der Waals surface area (Å²) in [5.74, 6) is 0.313. The van der Waals surface area contributed by atoms with E-state index in [1.54, 1.807) is 12.1 Å². The highest BCUT2D eigenvalue weighted by Gasteiger charge is 2.20. The summed E-state index contributed by atoms with van der Waals surface area (Å²) in [6, 6.07) is 5.94. The minimum absolute atomic E-state index is 0.0679.